The van der Waals surface area contributed by atoms with Gasteiger partial charge in [0, 0.05) is 6.04 Å². The van der Waals surface area contributed by atoms with Gasteiger partial charge in [0.25, 0.3) is 0 Å². The summed E-state index contributed by atoms with van der Waals surface area (Å²) in [6.45, 7) is 10.9. The molecule has 20 heavy (non-hydrogen) atoms. The van der Waals surface area contributed by atoms with Crippen molar-refractivity contribution in [3.05, 3.63) is 29.3 Å². The number of rotatable bonds is 5. The summed E-state index contributed by atoms with van der Waals surface area (Å²) >= 11 is 0. The van der Waals surface area contributed by atoms with E-state index in [1.165, 1.54) is 36.8 Å². The highest BCUT2D eigenvalue weighted by Gasteiger charge is 2.29. The van der Waals surface area contributed by atoms with E-state index in [0.717, 1.165) is 18.9 Å². The molecule has 112 valence electrons. The van der Waals surface area contributed by atoms with Crippen LogP contribution < -0.4 is 10.1 Å². The molecule has 1 aromatic carbocycles. The fraction of sp³-hybridized carbons (Fsp3) is 0.667. The van der Waals surface area contributed by atoms with Crippen molar-refractivity contribution in [2.75, 3.05) is 13.2 Å². The van der Waals surface area contributed by atoms with Crippen molar-refractivity contribution in [3.8, 4) is 5.75 Å². The van der Waals surface area contributed by atoms with Gasteiger partial charge < -0.3 is 10.1 Å². The van der Waals surface area contributed by atoms with Gasteiger partial charge in [0.2, 0.25) is 0 Å². The van der Waals surface area contributed by atoms with Crippen LogP contribution in [0.4, 0.5) is 0 Å². The molecule has 1 aliphatic carbocycles. The Hall–Kier alpha value is -1.02. The van der Waals surface area contributed by atoms with E-state index < -0.39 is 0 Å². The maximum absolute atomic E-state index is 5.69. The predicted octanol–water partition coefficient (Wildman–Crippen LogP) is 4.49. The van der Waals surface area contributed by atoms with E-state index in [1.54, 1.807) is 0 Å². The standard InChI is InChI=1S/C18H29NO/c1-5-11-19-17-13-18(3,4)10-9-14-7-8-15(20-6-2)12-16(14)17/h7-8,12,17,19H,5-6,9-11,13H2,1-4H3. The molecule has 1 aliphatic rings. The molecular weight excluding hydrogens is 246 g/mol. The van der Waals surface area contributed by atoms with Crippen LogP contribution >= 0.6 is 0 Å². The topological polar surface area (TPSA) is 21.3 Å². The van der Waals surface area contributed by atoms with Crippen molar-refractivity contribution in [2.45, 2.75) is 59.4 Å². The smallest absolute Gasteiger partial charge is 0.119 e. The Morgan fingerprint density at radius 2 is 2.10 bits per heavy atom. The van der Waals surface area contributed by atoms with Crippen LogP contribution in [0, 0.1) is 5.41 Å². The number of hydrogen-bond acceptors (Lipinski definition) is 2. The van der Waals surface area contributed by atoms with Crippen LogP contribution in [0.5, 0.6) is 5.75 Å². The lowest BCUT2D eigenvalue weighted by Crippen LogP contribution is -2.26. The molecule has 0 radical (unpaired) electrons. The van der Waals surface area contributed by atoms with E-state index in [9.17, 15) is 0 Å². The second kappa shape index (κ2) is 6.62. The summed E-state index contributed by atoms with van der Waals surface area (Å²) in [6, 6.07) is 7.11. The van der Waals surface area contributed by atoms with Crippen LogP contribution in [-0.4, -0.2) is 13.2 Å². The summed E-state index contributed by atoms with van der Waals surface area (Å²) in [5.41, 5.74) is 3.35. The minimum Gasteiger partial charge on any atom is -0.494 e. The molecule has 0 saturated heterocycles. The third kappa shape index (κ3) is 3.76. The van der Waals surface area contributed by atoms with E-state index in [1.807, 2.05) is 6.92 Å². The van der Waals surface area contributed by atoms with Crippen LogP contribution in [0.15, 0.2) is 18.2 Å². The predicted molar refractivity (Wildman–Crippen MR) is 85.4 cm³/mol. The summed E-state index contributed by atoms with van der Waals surface area (Å²) in [5.74, 6) is 1.01. The lowest BCUT2D eigenvalue weighted by molar-refractivity contribution is 0.273. The minimum atomic E-state index is 0.399. The first-order valence-corrected chi connectivity index (χ1v) is 8.04. The third-order valence-corrected chi connectivity index (χ3v) is 4.27. The zero-order valence-corrected chi connectivity index (χ0v) is 13.5. The average molecular weight is 275 g/mol. The number of nitrogens with one attached hydrogen (secondary N) is 1. The maximum Gasteiger partial charge on any atom is 0.119 e. The Morgan fingerprint density at radius 1 is 1.30 bits per heavy atom. The van der Waals surface area contributed by atoms with Gasteiger partial charge in [-0.2, -0.15) is 0 Å². The van der Waals surface area contributed by atoms with Gasteiger partial charge in [-0.15, -0.1) is 0 Å². The molecule has 1 unspecified atom stereocenters. The highest BCUT2D eigenvalue weighted by Crippen LogP contribution is 2.40. The van der Waals surface area contributed by atoms with E-state index in [2.05, 4.69) is 44.3 Å². The Kier molecular flexibility index (Phi) is 5.09. The second-order valence-electron chi connectivity index (χ2n) is 6.67. The zero-order chi connectivity index (χ0) is 14.6. The summed E-state index contributed by atoms with van der Waals surface area (Å²) in [7, 11) is 0. The van der Waals surface area contributed by atoms with Gasteiger partial charge in [-0.05, 0) is 67.8 Å². The van der Waals surface area contributed by atoms with Crippen molar-refractivity contribution < 1.29 is 4.74 Å². The van der Waals surface area contributed by atoms with Gasteiger partial charge in [0.1, 0.15) is 5.75 Å². The maximum atomic E-state index is 5.69. The van der Waals surface area contributed by atoms with Gasteiger partial charge >= 0.3 is 0 Å². The van der Waals surface area contributed by atoms with Crippen LogP contribution in [0.25, 0.3) is 0 Å². The van der Waals surface area contributed by atoms with Gasteiger partial charge in [-0.25, -0.2) is 0 Å². The van der Waals surface area contributed by atoms with Crippen molar-refractivity contribution in [1.82, 2.24) is 5.32 Å². The molecule has 1 N–H and O–H groups in total. The van der Waals surface area contributed by atoms with E-state index in [-0.39, 0.29) is 0 Å². The summed E-state index contributed by atoms with van der Waals surface area (Å²) in [6.07, 6.45) is 4.82. The van der Waals surface area contributed by atoms with Crippen LogP contribution in [0.2, 0.25) is 0 Å². The van der Waals surface area contributed by atoms with Gasteiger partial charge in [0.15, 0.2) is 0 Å². The third-order valence-electron chi connectivity index (χ3n) is 4.27. The van der Waals surface area contributed by atoms with Crippen molar-refractivity contribution >= 4 is 0 Å². The van der Waals surface area contributed by atoms with Crippen molar-refractivity contribution in [2.24, 2.45) is 5.41 Å². The number of fused-ring (bicyclic) bond motifs is 1. The first-order valence-electron chi connectivity index (χ1n) is 8.04. The first-order chi connectivity index (χ1) is 9.55. The molecule has 0 aromatic heterocycles. The fourth-order valence-electron chi connectivity index (χ4n) is 3.12. The van der Waals surface area contributed by atoms with Crippen LogP contribution in [0.1, 0.15) is 64.1 Å². The molecule has 1 atom stereocenters. The molecule has 0 heterocycles. The van der Waals surface area contributed by atoms with E-state index >= 15 is 0 Å². The van der Waals surface area contributed by atoms with Gasteiger partial charge in [-0.1, -0.05) is 26.8 Å². The molecule has 0 aliphatic heterocycles. The Morgan fingerprint density at radius 3 is 2.80 bits per heavy atom. The lowest BCUT2D eigenvalue weighted by atomic mass is 9.83. The largest absolute Gasteiger partial charge is 0.494 e. The molecule has 0 bridgehead atoms. The summed E-state index contributed by atoms with van der Waals surface area (Å²) in [5, 5.41) is 3.74. The molecule has 2 heteroatoms. The molecule has 2 rings (SSSR count). The van der Waals surface area contributed by atoms with Crippen molar-refractivity contribution in [1.29, 1.82) is 0 Å². The molecule has 0 spiro atoms. The van der Waals surface area contributed by atoms with Gasteiger partial charge in [-0.3, -0.25) is 0 Å². The lowest BCUT2D eigenvalue weighted by Gasteiger charge is -2.28. The second-order valence-corrected chi connectivity index (χ2v) is 6.67. The first kappa shape index (κ1) is 15.4. The van der Waals surface area contributed by atoms with Gasteiger partial charge in [0.05, 0.1) is 6.61 Å². The minimum absolute atomic E-state index is 0.399. The normalized spacial score (nSPS) is 21.1. The number of benzene rings is 1. The zero-order valence-electron chi connectivity index (χ0n) is 13.5. The molecular formula is C18H29NO. The number of aryl methyl sites for hydroxylation is 1. The number of ether oxygens (including phenoxy) is 1. The quantitative estimate of drug-likeness (QED) is 0.799. The summed E-state index contributed by atoms with van der Waals surface area (Å²) in [4.78, 5) is 0. The molecule has 0 amide bonds. The molecule has 2 nitrogen and oxygen atoms in total. The fourth-order valence-corrected chi connectivity index (χ4v) is 3.12. The van der Waals surface area contributed by atoms with Crippen LogP contribution in [-0.2, 0) is 6.42 Å². The molecule has 0 fully saturated rings. The number of hydrogen-bond donors (Lipinski definition) is 1. The van der Waals surface area contributed by atoms with Crippen molar-refractivity contribution in [3.63, 3.8) is 0 Å². The highest BCUT2D eigenvalue weighted by molar-refractivity contribution is 5.39. The Bertz CT molecular complexity index is 439. The monoisotopic (exact) mass is 275 g/mol. The molecule has 1 aromatic rings. The Balaban J connectivity index is 2.30. The SMILES string of the molecule is CCCNC1CC(C)(C)CCc2ccc(OCC)cc21. The Labute approximate surface area is 123 Å². The highest BCUT2D eigenvalue weighted by atomic mass is 16.5. The van der Waals surface area contributed by atoms with Crippen LogP contribution in [0.3, 0.4) is 0 Å². The molecule has 0 saturated carbocycles. The van der Waals surface area contributed by atoms with E-state index in [4.69, 9.17) is 4.74 Å². The average Bonchev–Trinajstić information content (AvgIpc) is 2.54. The summed E-state index contributed by atoms with van der Waals surface area (Å²) < 4.78 is 5.69. The van der Waals surface area contributed by atoms with E-state index in [0.29, 0.717) is 11.5 Å².